The van der Waals surface area contributed by atoms with Crippen molar-refractivity contribution in [1.82, 2.24) is 4.90 Å². The van der Waals surface area contributed by atoms with Crippen LogP contribution in [-0.2, 0) is 0 Å². The highest BCUT2D eigenvalue weighted by Crippen LogP contribution is 2.33. The summed E-state index contributed by atoms with van der Waals surface area (Å²) >= 11 is 3.67. The number of benzene rings is 1. The Morgan fingerprint density at radius 2 is 2.29 bits per heavy atom. The predicted molar refractivity (Wildman–Crippen MR) is 74.5 cm³/mol. The number of aliphatic hydroxyl groups is 1. The van der Waals surface area contributed by atoms with Gasteiger partial charge in [-0.2, -0.15) is 0 Å². The first-order chi connectivity index (χ1) is 8.11. The van der Waals surface area contributed by atoms with E-state index < -0.39 is 0 Å². The van der Waals surface area contributed by atoms with E-state index in [4.69, 9.17) is 0 Å². The van der Waals surface area contributed by atoms with Crippen LogP contribution in [0.5, 0.6) is 0 Å². The summed E-state index contributed by atoms with van der Waals surface area (Å²) in [4.78, 5) is 2.38. The zero-order chi connectivity index (χ0) is 12.4. The summed E-state index contributed by atoms with van der Waals surface area (Å²) < 4.78 is 1.19. The molecule has 1 saturated heterocycles. The van der Waals surface area contributed by atoms with E-state index in [0.717, 1.165) is 6.54 Å². The quantitative estimate of drug-likeness (QED) is 0.927. The Morgan fingerprint density at radius 1 is 1.53 bits per heavy atom. The van der Waals surface area contributed by atoms with Crippen molar-refractivity contribution in [2.24, 2.45) is 0 Å². The van der Waals surface area contributed by atoms with E-state index in [-0.39, 0.29) is 12.5 Å². The number of halogens is 1. The van der Waals surface area contributed by atoms with Crippen molar-refractivity contribution in [3.8, 4) is 0 Å². The molecule has 1 heterocycles. The minimum absolute atomic E-state index is 0.206. The van der Waals surface area contributed by atoms with E-state index in [2.05, 4.69) is 46.1 Å². The Kier molecular flexibility index (Phi) is 4.23. The molecule has 2 nitrogen and oxygen atoms in total. The minimum Gasteiger partial charge on any atom is -0.396 e. The highest BCUT2D eigenvalue weighted by atomic mass is 79.9. The summed E-state index contributed by atoms with van der Waals surface area (Å²) in [5.41, 5.74) is 2.61. The molecule has 2 rings (SSSR count). The number of nitrogens with zero attached hydrogens (tertiary/aromatic N) is 1. The van der Waals surface area contributed by atoms with Crippen LogP contribution in [-0.4, -0.2) is 36.8 Å². The lowest BCUT2D eigenvalue weighted by Crippen LogP contribution is -2.13. The summed E-state index contributed by atoms with van der Waals surface area (Å²) in [5.74, 6) is 0.861. The molecule has 2 unspecified atom stereocenters. The average Bonchev–Trinajstić information content (AvgIpc) is 2.74. The van der Waals surface area contributed by atoms with Crippen LogP contribution in [0.3, 0.4) is 0 Å². The number of aliphatic hydroxyl groups excluding tert-OH is 1. The first kappa shape index (κ1) is 13.1. The van der Waals surface area contributed by atoms with Gasteiger partial charge in [0.1, 0.15) is 0 Å². The van der Waals surface area contributed by atoms with Gasteiger partial charge in [-0.3, -0.25) is 0 Å². The molecule has 1 aromatic rings. The molecule has 1 N–H and O–H groups in total. The van der Waals surface area contributed by atoms with Crippen LogP contribution in [0.1, 0.15) is 36.3 Å². The fraction of sp³-hybridized carbons (Fsp3) is 0.571. The number of hydrogen-bond acceptors (Lipinski definition) is 2. The monoisotopic (exact) mass is 297 g/mol. The summed E-state index contributed by atoms with van der Waals surface area (Å²) in [5, 5.41) is 9.17. The third-order valence-electron chi connectivity index (χ3n) is 3.70. The molecule has 0 bridgehead atoms. The highest BCUT2D eigenvalue weighted by molar-refractivity contribution is 9.10. The van der Waals surface area contributed by atoms with Gasteiger partial charge in [-0.15, -0.1) is 0 Å². The van der Waals surface area contributed by atoms with Gasteiger partial charge in [0.15, 0.2) is 0 Å². The Morgan fingerprint density at radius 3 is 2.82 bits per heavy atom. The van der Waals surface area contributed by atoms with E-state index >= 15 is 0 Å². The van der Waals surface area contributed by atoms with Crippen molar-refractivity contribution < 1.29 is 5.11 Å². The smallest absolute Gasteiger partial charge is 0.0497 e. The Bertz CT molecular complexity index is 394. The number of hydrogen-bond donors (Lipinski definition) is 1. The van der Waals surface area contributed by atoms with Gasteiger partial charge in [0, 0.05) is 23.5 Å². The lowest BCUT2D eigenvalue weighted by atomic mass is 9.94. The standard InChI is InChI=1S/C14H20BrNO/c1-10(9-17)11-3-4-13(14(15)7-11)12-5-6-16(2)8-12/h3-4,7,10,12,17H,5-6,8-9H2,1-2H3. The summed E-state index contributed by atoms with van der Waals surface area (Å²) in [7, 11) is 2.18. The SMILES string of the molecule is CC(CO)c1ccc(C2CCN(C)C2)c(Br)c1. The molecule has 0 aromatic heterocycles. The van der Waals surface area contributed by atoms with Gasteiger partial charge < -0.3 is 10.0 Å². The number of likely N-dealkylation sites (N-methyl/N-ethyl adjacent to an activating group) is 1. The second-order valence-electron chi connectivity index (χ2n) is 5.11. The fourth-order valence-electron chi connectivity index (χ4n) is 2.48. The molecule has 0 aliphatic carbocycles. The van der Waals surface area contributed by atoms with Crippen molar-refractivity contribution in [3.05, 3.63) is 33.8 Å². The maximum absolute atomic E-state index is 9.17. The van der Waals surface area contributed by atoms with Gasteiger partial charge in [0.2, 0.25) is 0 Å². The fourth-order valence-corrected chi connectivity index (χ4v) is 3.20. The van der Waals surface area contributed by atoms with Gasteiger partial charge in [-0.1, -0.05) is 35.0 Å². The molecule has 1 aliphatic heterocycles. The molecule has 94 valence electrons. The molecule has 0 spiro atoms. The molecule has 2 atom stereocenters. The lowest BCUT2D eigenvalue weighted by Gasteiger charge is -2.16. The third-order valence-corrected chi connectivity index (χ3v) is 4.39. The molecule has 1 aliphatic rings. The first-order valence-electron chi connectivity index (χ1n) is 6.20. The Balaban J connectivity index is 2.20. The van der Waals surface area contributed by atoms with E-state index in [0.29, 0.717) is 5.92 Å². The van der Waals surface area contributed by atoms with Crippen LogP contribution >= 0.6 is 15.9 Å². The first-order valence-corrected chi connectivity index (χ1v) is 7.00. The van der Waals surface area contributed by atoms with E-state index in [1.165, 1.54) is 28.6 Å². The summed E-state index contributed by atoms with van der Waals surface area (Å²) in [6, 6.07) is 6.53. The number of rotatable bonds is 3. The third kappa shape index (κ3) is 2.90. The molecule has 0 amide bonds. The normalized spacial score (nSPS) is 22.9. The Hall–Kier alpha value is -0.380. The van der Waals surface area contributed by atoms with Crippen LogP contribution in [0.2, 0.25) is 0 Å². The van der Waals surface area contributed by atoms with Gasteiger partial charge in [-0.25, -0.2) is 0 Å². The molecule has 0 radical (unpaired) electrons. The topological polar surface area (TPSA) is 23.5 Å². The van der Waals surface area contributed by atoms with Crippen LogP contribution in [0, 0.1) is 0 Å². The van der Waals surface area contributed by atoms with Crippen LogP contribution in [0.4, 0.5) is 0 Å². The molecule has 3 heteroatoms. The van der Waals surface area contributed by atoms with Crippen LogP contribution < -0.4 is 0 Å². The highest BCUT2D eigenvalue weighted by Gasteiger charge is 2.23. The lowest BCUT2D eigenvalue weighted by molar-refractivity contribution is 0.273. The zero-order valence-corrected chi connectivity index (χ0v) is 12.1. The average molecular weight is 298 g/mol. The molecular formula is C14H20BrNO. The molecule has 17 heavy (non-hydrogen) atoms. The maximum Gasteiger partial charge on any atom is 0.0497 e. The van der Waals surface area contributed by atoms with E-state index in [1.54, 1.807) is 0 Å². The second-order valence-corrected chi connectivity index (χ2v) is 5.97. The summed E-state index contributed by atoms with van der Waals surface area (Å²) in [6.45, 7) is 4.59. The van der Waals surface area contributed by atoms with Crippen LogP contribution in [0.15, 0.2) is 22.7 Å². The summed E-state index contributed by atoms with van der Waals surface area (Å²) in [6.07, 6.45) is 1.24. The van der Waals surface area contributed by atoms with Gasteiger partial charge in [-0.05, 0) is 43.1 Å². The van der Waals surface area contributed by atoms with Gasteiger partial charge >= 0.3 is 0 Å². The second kappa shape index (κ2) is 5.51. The molecule has 0 saturated carbocycles. The van der Waals surface area contributed by atoms with Crippen molar-refractivity contribution in [2.75, 3.05) is 26.7 Å². The van der Waals surface area contributed by atoms with Crippen molar-refractivity contribution in [1.29, 1.82) is 0 Å². The van der Waals surface area contributed by atoms with Gasteiger partial charge in [0.25, 0.3) is 0 Å². The van der Waals surface area contributed by atoms with E-state index in [9.17, 15) is 5.11 Å². The Labute approximate surface area is 112 Å². The molecule has 1 aromatic carbocycles. The van der Waals surface area contributed by atoms with Gasteiger partial charge in [0.05, 0.1) is 0 Å². The van der Waals surface area contributed by atoms with Crippen molar-refractivity contribution >= 4 is 15.9 Å². The number of likely N-dealkylation sites (tertiary alicyclic amines) is 1. The van der Waals surface area contributed by atoms with Crippen molar-refractivity contribution in [2.45, 2.75) is 25.2 Å². The minimum atomic E-state index is 0.206. The van der Waals surface area contributed by atoms with E-state index in [1.807, 2.05) is 6.92 Å². The predicted octanol–water partition coefficient (Wildman–Crippen LogP) is 2.96. The maximum atomic E-state index is 9.17. The zero-order valence-electron chi connectivity index (χ0n) is 10.5. The largest absolute Gasteiger partial charge is 0.396 e. The molecular weight excluding hydrogens is 278 g/mol. The van der Waals surface area contributed by atoms with Crippen LogP contribution in [0.25, 0.3) is 0 Å². The molecule has 1 fully saturated rings. The van der Waals surface area contributed by atoms with Crippen molar-refractivity contribution in [3.63, 3.8) is 0 Å².